The van der Waals surface area contributed by atoms with Crippen LogP contribution in [0.4, 0.5) is 13.6 Å². The van der Waals surface area contributed by atoms with E-state index < -0.39 is 171 Å². The molecule has 4 aliphatic carbocycles. The van der Waals surface area contributed by atoms with Gasteiger partial charge in [0.1, 0.15) is 40.9 Å². The fourth-order valence-corrected chi connectivity index (χ4v) is 17.2. The quantitative estimate of drug-likeness (QED) is 0.0864. The van der Waals surface area contributed by atoms with Crippen molar-refractivity contribution in [3.63, 3.8) is 0 Å². The Hall–Kier alpha value is -3.34. The molecule has 7 aliphatic rings. The monoisotopic (exact) mass is 1270 g/mol. The van der Waals surface area contributed by atoms with E-state index in [-0.39, 0.29) is 94.6 Å². The molecule has 3 amide bonds. The summed E-state index contributed by atoms with van der Waals surface area (Å²) in [5.74, 6) is -7.85. The summed E-state index contributed by atoms with van der Waals surface area (Å²) in [5, 5.41) is 95.2. The average Bonchev–Trinajstić information content (AvgIpc) is 1.64. The molecule has 510 valence electrons. The van der Waals surface area contributed by atoms with Gasteiger partial charge in [-0.15, -0.1) is 0 Å². The highest BCUT2D eigenvalue weighted by Gasteiger charge is 2.76. The van der Waals surface area contributed by atoms with Crippen LogP contribution in [0.2, 0.25) is 0 Å². The van der Waals surface area contributed by atoms with E-state index in [4.69, 9.17) is 28.4 Å². The highest BCUT2D eigenvalue weighted by atomic mass is 19.1. The van der Waals surface area contributed by atoms with Gasteiger partial charge >= 0.3 is 12.0 Å². The SMILES string of the molecule is CC[C@H]1OC(=O)[C@H](C)[C@@H](O[C@H]2C[C@@](C)(OC)[C@](O)(CNCCNC(=O)[C@@]3(O)[C@H](C)CC4C5CC(F)=C6CC(=O)C=C[C@]6(C)[C@@]5(F)[C@@H](O)C[C@@]43C)[C@H](C)O2)[C@H](C)[C@@H](O[C@@H]2O[C@H](C)C[C@H](N(C)C)[C@H]2O)[C@](C)(O)C[C@@H](C)CN(C(=O)NC(C)C)[C@H](C)[C@@H](O)[C@]1(C)O. The molecule has 5 fully saturated rings. The van der Waals surface area contributed by atoms with Crippen LogP contribution in [0.15, 0.2) is 23.6 Å². The number of carbonyl (C=O) groups is 4. The number of urea groups is 1. The fraction of sp³-hybridized carbons (Fsp3) is 0.877. The Morgan fingerprint density at radius 1 is 0.899 bits per heavy atom. The first-order chi connectivity index (χ1) is 41.1. The van der Waals surface area contributed by atoms with Gasteiger partial charge < -0.3 is 89.9 Å². The molecular formula is C65H109F2N5O17. The number of fused-ring (bicyclic) bond motifs is 5. The van der Waals surface area contributed by atoms with Crippen LogP contribution < -0.4 is 16.0 Å². The van der Waals surface area contributed by atoms with E-state index in [1.54, 1.807) is 76.2 Å². The van der Waals surface area contributed by atoms with Crippen molar-refractivity contribution >= 4 is 23.7 Å². The second-order valence-corrected chi connectivity index (χ2v) is 29.5. The molecule has 2 saturated carbocycles. The van der Waals surface area contributed by atoms with Gasteiger partial charge in [0.05, 0.1) is 48.1 Å². The summed E-state index contributed by atoms with van der Waals surface area (Å²) in [5.41, 5.74) is -14.6. The van der Waals surface area contributed by atoms with Crippen molar-refractivity contribution in [1.82, 2.24) is 25.8 Å². The largest absolute Gasteiger partial charge is 0.459 e. The number of nitrogens with one attached hydrogen (secondary N) is 3. The maximum atomic E-state index is 17.9. The summed E-state index contributed by atoms with van der Waals surface area (Å²) < 4.78 is 72.9. The van der Waals surface area contributed by atoms with Crippen LogP contribution >= 0.6 is 0 Å². The number of rotatable bonds is 14. The number of allylic oxidation sites excluding steroid dienone is 4. The molecule has 24 heteroatoms. The Labute approximate surface area is 525 Å². The number of carbonyl (C=O) groups excluding carboxylic acids is 4. The van der Waals surface area contributed by atoms with Crippen LogP contribution in [0, 0.1) is 46.3 Å². The number of cyclic esters (lactones) is 1. The highest BCUT2D eigenvalue weighted by Crippen LogP contribution is 2.71. The third-order valence-electron chi connectivity index (χ3n) is 22.6. The maximum Gasteiger partial charge on any atom is 0.317 e. The van der Waals surface area contributed by atoms with Gasteiger partial charge in [0.25, 0.3) is 5.91 Å². The van der Waals surface area contributed by atoms with E-state index in [9.17, 15) is 54.9 Å². The van der Waals surface area contributed by atoms with Crippen LogP contribution in [-0.2, 0) is 42.8 Å². The number of esters is 1. The third kappa shape index (κ3) is 13.0. The Kier molecular flexibility index (Phi) is 22.0. The summed E-state index contributed by atoms with van der Waals surface area (Å²) in [7, 11) is 5.08. The van der Waals surface area contributed by atoms with Gasteiger partial charge in [0.2, 0.25) is 0 Å². The Morgan fingerprint density at radius 3 is 2.16 bits per heavy atom. The standard InChI is InChI=1S/C65H109F2N5O17/c1-19-48-62(15,81)52(76)39(9)72(57(79)70-33(2)3)31-34(4)28-60(13,80)53(89-55-50(75)46(71(16)17)25-36(6)85-55)37(7)51(38(8)54(77)87-48)88-49-30-61(14,84-18)63(82,40(10)86-49)32-68-22-23-69-56(78)65(83)35(5)24-42-43-27-45(66)44-26-41(73)20-21-58(44,11)64(43,67)47(74)29-59(42,65)12/h20-21,33-40,42-43,46-53,55,68,74-76,80-83H,19,22-32H2,1-18H3,(H,69,78)(H,70,79)/t34-,35-,36-,37+,38-,39-,40+,42?,43?,46+,47+,48-,49+,50-,51+,52-,53-,55+,58+,59+,60-,61-,62-,63+,64+,65+/m1/s1. The van der Waals surface area contributed by atoms with Crippen LogP contribution in [0.25, 0.3) is 0 Å². The summed E-state index contributed by atoms with van der Waals surface area (Å²) in [4.78, 5) is 58.9. The van der Waals surface area contributed by atoms with E-state index >= 15 is 8.78 Å². The molecule has 26 atom stereocenters. The molecule has 7 rings (SSSR count). The number of ether oxygens (including phenoxy) is 6. The lowest BCUT2D eigenvalue weighted by Gasteiger charge is -2.62. The summed E-state index contributed by atoms with van der Waals surface area (Å²) >= 11 is 0. The minimum Gasteiger partial charge on any atom is -0.459 e. The predicted molar refractivity (Wildman–Crippen MR) is 325 cm³/mol. The molecule has 10 N–H and O–H groups in total. The summed E-state index contributed by atoms with van der Waals surface area (Å²) in [6, 6.07) is -2.28. The number of nitrogens with zero attached hydrogens (tertiary/aromatic N) is 2. The summed E-state index contributed by atoms with van der Waals surface area (Å²) in [6.07, 6.45) is -10.3. The minimum absolute atomic E-state index is 0.0133. The highest BCUT2D eigenvalue weighted by molar-refractivity contribution is 5.94. The Bertz CT molecular complexity index is 2620. The number of aliphatic hydroxyl groups excluding tert-OH is 3. The second kappa shape index (κ2) is 26.8. The van der Waals surface area contributed by atoms with Crippen molar-refractivity contribution in [1.29, 1.82) is 0 Å². The maximum absolute atomic E-state index is 17.9. The van der Waals surface area contributed by atoms with Gasteiger partial charge in [-0.05, 0) is 145 Å². The van der Waals surface area contributed by atoms with Gasteiger partial charge in [-0.1, -0.05) is 40.7 Å². The molecule has 3 aliphatic heterocycles. The molecule has 3 saturated heterocycles. The van der Waals surface area contributed by atoms with Crippen molar-refractivity contribution in [2.75, 3.05) is 47.4 Å². The first kappa shape index (κ1) is 73.1. The zero-order valence-electron chi connectivity index (χ0n) is 56.0. The first-order valence-corrected chi connectivity index (χ1v) is 32.4. The van der Waals surface area contributed by atoms with Gasteiger partial charge in [-0.3, -0.25) is 14.4 Å². The number of hydrogen-bond donors (Lipinski definition) is 10. The van der Waals surface area contributed by atoms with Gasteiger partial charge in [0, 0.05) is 87.3 Å². The number of amides is 3. The van der Waals surface area contributed by atoms with E-state index in [1.807, 2.05) is 32.8 Å². The smallest absolute Gasteiger partial charge is 0.317 e. The molecule has 0 aromatic carbocycles. The predicted octanol–water partition coefficient (Wildman–Crippen LogP) is 4.11. The van der Waals surface area contributed by atoms with Gasteiger partial charge in [-0.25, -0.2) is 13.6 Å². The van der Waals surface area contributed by atoms with E-state index in [0.29, 0.717) is 6.42 Å². The molecule has 3 heterocycles. The zero-order valence-corrected chi connectivity index (χ0v) is 56.0. The molecule has 0 radical (unpaired) electrons. The summed E-state index contributed by atoms with van der Waals surface area (Å²) in [6.45, 7) is 24.7. The average molecular weight is 1270 g/mol. The second-order valence-electron chi connectivity index (χ2n) is 29.5. The molecule has 2 unspecified atom stereocenters. The van der Waals surface area contributed by atoms with Crippen molar-refractivity contribution < 1.29 is 92.1 Å². The zero-order chi connectivity index (χ0) is 66.9. The van der Waals surface area contributed by atoms with Crippen LogP contribution in [0.5, 0.6) is 0 Å². The van der Waals surface area contributed by atoms with E-state index in [2.05, 4.69) is 16.0 Å². The number of methoxy groups -OCH3 is 1. The number of ketones is 1. The van der Waals surface area contributed by atoms with Gasteiger partial charge in [-0.2, -0.15) is 0 Å². The lowest BCUT2D eigenvalue weighted by Crippen LogP contribution is -2.70. The Balaban J connectivity index is 1.12. The molecule has 0 bridgehead atoms. The van der Waals surface area contributed by atoms with Crippen molar-refractivity contribution in [3.05, 3.63) is 23.6 Å². The molecule has 0 aromatic rings. The molecule has 22 nitrogen and oxygen atoms in total. The van der Waals surface area contributed by atoms with Crippen LogP contribution in [0.3, 0.4) is 0 Å². The van der Waals surface area contributed by atoms with E-state index in [0.717, 1.165) is 0 Å². The number of halogens is 2. The topological polar surface area (TPSA) is 308 Å². The van der Waals surface area contributed by atoms with E-state index in [1.165, 1.54) is 38.0 Å². The first-order valence-electron chi connectivity index (χ1n) is 32.4. The normalized spacial score (nSPS) is 47.6. The number of likely N-dealkylation sites (N-methyl/N-ethyl adjacent to an activating group) is 1. The number of hydrogen-bond acceptors (Lipinski definition) is 19. The molecule has 0 aromatic heterocycles. The number of alkyl halides is 1. The van der Waals surface area contributed by atoms with Crippen LogP contribution in [-0.4, -0.2) is 230 Å². The van der Waals surface area contributed by atoms with Crippen molar-refractivity contribution in [2.24, 2.45) is 46.3 Å². The molecule has 0 spiro atoms. The van der Waals surface area contributed by atoms with Gasteiger partial charge in [0.15, 0.2) is 29.6 Å². The molecule has 89 heavy (non-hydrogen) atoms. The molecular weight excluding hydrogens is 1160 g/mol. The third-order valence-corrected chi connectivity index (χ3v) is 22.6. The van der Waals surface area contributed by atoms with Crippen LogP contribution in [0.1, 0.15) is 155 Å². The Morgan fingerprint density at radius 2 is 1.55 bits per heavy atom. The lowest BCUT2D eigenvalue weighted by molar-refractivity contribution is -0.336. The van der Waals surface area contributed by atoms with Crippen molar-refractivity contribution in [3.8, 4) is 0 Å². The minimum atomic E-state index is -2.37. The fourth-order valence-electron chi connectivity index (χ4n) is 17.2. The lowest BCUT2D eigenvalue weighted by atomic mass is 9.45. The van der Waals surface area contributed by atoms with Crippen molar-refractivity contribution in [2.45, 2.75) is 268 Å². The number of aliphatic hydroxyl groups is 7.